The highest BCUT2D eigenvalue weighted by Gasteiger charge is 2.31. The molecule has 44 heavy (non-hydrogen) atoms. The van der Waals surface area contributed by atoms with Crippen LogP contribution in [-0.2, 0) is 33.6 Å². The summed E-state index contributed by atoms with van der Waals surface area (Å²) in [6, 6.07) is -5.10. The fourth-order valence-electron chi connectivity index (χ4n) is 3.65. The van der Waals surface area contributed by atoms with Gasteiger partial charge in [0, 0.05) is 13.1 Å². The number of hydrogen-bond donors (Lipinski definition) is 11. The van der Waals surface area contributed by atoms with Gasteiger partial charge >= 0.3 is 5.97 Å². The molecule has 0 heterocycles. The summed E-state index contributed by atoms with van der Waals surface area (Å²) in [4.78, 5) is 93.0. The zero-order valence-electron chi connectivity index (χ0n) is 24.7. The maximum atomic E-state index is 13.2. The Morgan fingerprint density at radius 2 is 1.09 bits per heavy atom. The van der Waals surface area contributed by atoms with E-state index < -0.39 is 84.3 Å². The van der Waals surface area contributed by atoms with Crippen LogP contribution in [0.2, 0.25) is 0 Å². The second-order valence-electron chi connectivity index (χ2n) is 10.0. The zero-order chi connectivity index (χ0) is 34.0. The van der Waals surface area contributed by atoms with Crippen LogP contribution in [0.15, 0.2) is 9.98 Å². The maximum Gasteiger partial charge on any atom is 0.305 e. The lowest BCUT2D eigenvalue weighted by atomic mass is 10.0. The molecule has 0 aliphatic rings. The van der Waals surface area contributed by atoms with Crippen LogP contribution < -0.4 is 55.7 Å². The minimum absolute atomic E-state index is 0.0277. The number of carboxylic acid groups (broad SMARTS) is 1. The van der Waals surface area contributed by atoms with Crippen LogP contribution in [0.5, 0.6) is 0 Å². The van der Waals surface area contributed by atoms with Crippen molar-refractivity contribution in [3.05, 3.63) is 0 Å². The molecule has 0 aliphatic carbocycles. The minimum Gasteiger partial charge on any atom is -0.481 e. The fourth-order valence-corrected chi connectivity index (χ4v) is 3.65. The lowest BCUT2D eigenvalue weighted by Crippen LogP contribution is -2.58. The van der Waals surface area contributed by atoms with E-state index in [1.165, 1.54) is 0 Å². The number of guanidine groups is 2. The second kappa shape index (κ2) is 19.9. The number of amides is 6. The van der Waals surface area contributed by atoms with Crippen molar-refractivity contribution in [1.29, 1.82) is 0 Å². The SMILES string of the molecule is CC(C)[C@@H](NC(=O)[C@H](CCCN=C(N)N)NC(=O)CC(=O)N[C@@H](CC(=O)O)C(N)=O)C(=O)N[C@@H](CCCN=C(N)N)C(N)=O. The summed E-state index contributed by atoms with van der Waals surface area (Å²) in [6.07, 6.45) is -1.08. The summed E-state index contributed by atoms with van der Waals surface area (Å²) in [6.45, 7) is 3.54. The first-order chi connectivity index (χ1) is 20.4. The summed E-state index contributed by atoms with van der Waals surface area (Å²) < 4.78 is 0. The number of hydrogen-bond acceptors (Lipinski definition) is 9. The molecule has 6 amide bonds. The molecule has 4 atom stereocenters. The third-order valence-corrected chi connectivity index (χ3v) is 5.83. The van der Waals surface area contributed by atoms with E-state index in [1.54, 1.807) is 13.8 Å². The van der Waals surface area contributed by atoms with Crippen LogP contribution in [-0.4, -0.2) is 95.7 Å². The van der Waals surface area contributed by atoms with Gasteiger partial charge in [-0.1, -0.05) is 13.8 Å². The minimum atomic E-state index is -1.56. The number of carbonyl (C=O) groups is 7. The molecule has 20 nitrogen and oxygen atoms in total. The average Bonchev–Trinajstić information content (AvgIpc) is 2.88. The van der Waals surface area contributed by atoms with E-state index in [-0.39, 0.29) is 44.3 Å². The Kier molecular flexibility index (Phi) is 17.5. The highest BCUT2D eigenvalue weighted by Crippen LogP contribution is 2.07. The van der Waals surface area contributed by atoms with E-state index in [1.807, 2.05) is 5.32 Å². The van der Waals surface area contributed by atoms with Gasteiger partial charge in [0.1, 0.15) is 30.6 Å². The van der Waals surface area contributed by atoms with Gasteiger partial charge in [0.05, 0.1) is 6.42 Å². The Morgan fingerprint density at radius 1 is 0.636 bits per heavy atom. The number of nitrogens with zero attached hydrogens (tertiary/aromatic N) is 2. The first-order valence-corrected chi connectivity index (χ1v) is 13.5. The summed E-state index contributed by atoms with van der Waals surface area (Å²) >= 11 is 0. The lowest BCUT2D eigenvalue weighted by molar-refractivity contribution is -0.140. The number of nitrogens with one attached hydrogen (secondary N) is 4. The Labute approximate surface area is 253 Å². The second-order valence-corrected chi connectivity index (χ2v) is 10.0. The molecule has 17 N–H and O–H groups in total. The molecule has 0 saturated carbocycles. The molecular weight excluding hydrogens is 584 g/mol. The van der Waals surface area contributed by atoms with E-state index in [9.17, 15) is 33.6 Å². The molecule has 0 unspecified atom stereocenters. The first-order valence-electron chi connectivity index (χ1n) is 13.5. The van der Waals surface area contributed by atoms with Crippen LogP contribution in [0.1, 0.15) is 52.4 Å². The van der Waals surface area contributed by atoms with Crippen molar-refractivity contribution in [3.8, 4) is 0 Å². The van der Waals surface area contributed by atoms with E-state index in [0.717, 1.165) is 0 Å². The van der Waals surface area contributed by atoms with Crippen molar-refractivity contribution >= 4 is 53.3 Å². The smallest absolute Gasteiger partial charge is 0.305 e. The lowest BCUT2D eigenvalue weighted by Gasteiger charge is -2.27. The van der Waals surface area contributed by atoms with Crippen LogP contribution in [0, 0.1) is 5.92 Å². The highest BCUT2D eigenvalue weighted by molar-refractivity contribution is 6.01. The number of aliphatic carboxylic acids is 1. The van der Waals surface area contributed by atoms with E-state index in [0.29, 0.717) is 6.42 Å². The molecule has 0 aromatic carbocycles. The molecule has 0 bridgehead atoms. The molecule has 0 spiro atoms. The molecule has 0 fully saturated rings. The van der Waals surface area contributed by atoms with Gasteiger partial charge in [0.25, 0.3) is 0 Å². The monoisotopic (exact) mass is 628 g/mol. The maximum absolute atomic E-state index is 13.2. The van der Waals surface area contributed by atoms with Crippen LogP contribution >= 0.6 is 0 Å². The van der Waals surface area contributed by atoms with Crippen molar-refractivity contribution in [1.82, 2.24) is 21.3 Å². The van der Waals surface area contributed by atoms with Gasteiger partial charge in [-0.2, -0.15) is 0 Å². The topological polar surface area (TPSA) is 369 Å². The van der Waals surface area contributed by atoms with E-state index in [2.05, 4.69) is 25.9 Å². The highest BCUT2D eigenvalue weighted by atomic mass is 16.4. The molecule has 0 rings (SSSR count). The normalized spacial score (nSPS) is 13.2. The number of carboxylic acids is 1. The molecule has 0 aliphatic heterocycles. The van der Waals surface area contributed by atoms with Crippen molar-refractivity contribution in [2.24, 2.45) is 50.3 Å². The molecule has 20 heteroatoms. The van der Waals surface area contributed by atoms with Gasteiger partial charge in [-0.3, -0.25) is 43.5 Å². The number of carbonyl (C=O) groups excluding carboxylic acids is 6. The number of rotatable bonds is 21. The zero-order valence-corrected chi connectivity index (χ0v) is 24.7. The van der Waals surface area contributed by atoms with Crippen molar-refractivity contribution in [3.63, 3.8) is 0 Å². The molecule has 248 valence electrons. The number of aliphatic imine (C=N–C) groups is 2. The van der Waals surface area contributed by atoms with Gasteiger partial charge in [0.2, 0.25) is 35.4 Å². The fraction of sp³-hybridized carbons (Fsp3) is 0.625. The van der Waals surface area contributed by atoms with E-state index in [4.69, 9.17) is 39.5 Å². The third kappa shape index (κ3) is 16.9. The number of nitrogens with two attached hydrogens (primary N) is 6. The largest absolute Gasteiger partial charge is 0.481 e. The van der Waals surface area contributed by atoms with Gasteiger partial charge in [-0.25, -0.2) is 0 Å². The van der Waals surface area contributed by atoms with Crippen LogP contribution in [0.25, 0.3) is 0 Å². The quantitative estimate of drug-likeness (QED) is 0.0245. The standard InChI is InChI=1S/C24H44N12O8/c1-11(2)18(22(44)35-12(19(25)41)5-3-7-31-23(27)28)36-21(43)13(6-4-8-32-24(29)30)33-15(37)10-16(38)34-14(20(26)42)9-17(39)40/h11-14,18H,3-10H2,1-2H3,(H2,25,41)(H2,26,42)(H,33,37)(H,34,38)(H,35,44)(H,36,43)(H,39,40)(H4,27,28,31)(H4,29,30,32)/t12-,13-,14-,18+/m0/s1. The predicted molar refractivity (Wildman–Crippen MR) is 158 cm³/mol. The Hall–Kier alpha value is -5.17. The predicted octanol–water partition coefficient (Wildman–Crippen LogP) is -5.48. The van der Waals surface area contributed by atoms with Gasteiger partial charge in [0.15, 0.2) is 11.9 Å². The van der Waals surface area contributed by atoms with Gasteiger partial charge in [-0.15, -0.1) is 0 Å². The van der Waals surface area contributed by atoms with Crippen molar-refractivity contribution in [2.45, 2.75) is 76.5 Å². The average molecular weight is 629 g/mol. The third-order valence-electron chi connectivity index (χ3n) is 5.83. The summed E-state index contributed by atoms with van der Waals surface area (Å²) in [5, 5.41) is 18.3. The first kappa shape index (κ1) is 38.8. The van der Waals surface area contributed by atoms with Crippen molar-refractivity contribution < 1.29 is 38.7 Å². The van der Waals surface area contributed by atoms with Crippen LogP contribution in [0.4, 0.5) is 0 Å². The van der Waals surface area contributed by atoms with Gasteiger partial charge < -0.3 is 60.8 Å². The molecule has 0 aromatic rings. The Bertz CT molecular complexity index is 1100. The van der Waals surface area contributed by atoms with Crippen LogP contribution in [0.3, 0.4) is 0 Å². The van der Waals surface area contributed by atoms with Crippen molar-refractivity contribution in [2.75, 3.05) is 13.1 Å². The summed E-state index contributed by atoms with van der Waals surface area (Å²) in [7, 11) is 0. The molecule has 0 aromatic heterocycles. The van der Waals surface area contributed by atoms with Gasteiger partial charge in [-0.05, 0) is 31.6 Å². The Balaban J connectivity index is 5.63. The molecule has 0 radical (unpaired) electrons. The summed E-state index contributed by atoms with van der Waals surface area (Å²) in [5.74, 6) is -7.68. The molecule has 0 saturated heterocycles. The Morgan fingerprint density at radius 3 is 1.50 bits per heavy atom. The molecular formula is C24H44N12O8. The van der Waals surface area contributed by atoms with E-state index >= 15 is 0 Å². The summed E-state index contributed by atoms with van der Waals surface area (Å²) in [5.41, 5.74) is 31.7. The number of primary amides is 2.